The van der Waals surface area contributed by atoms with Crippen LogP contribution in [0.4, 0.5) is 0 Å². The molecule has 11 heteroatoms. The number of rotatable bonds is 14. The minimum absolute atomic E-state index is 0. The van der Waals surface area contributed by atoms with Gasteiger partial charge in [-0.1, -0.05) is 66.2 Å². The van der Waals surface area contributed by atoms with E-state index in [1.807, 2.05) is 0 Å². The van der Waals surface area contributed by atoms with E-state index in [4.69, 9.17) is 26.6 Å². The standard InChI is InChI=1S/C16H35O4P.Mo.H2O4S/c1-5-9-11-15(7-3)13-19-21(17,18)20-14-16(8-4)12-10-6-2;;1-5(2,3)4/h15-16H,5-14H2,1-4H3,(H,17,18);;(H2,1,2,3,4)/q;+4;/p-1. The summed E-state index contributed by atoms with van der Waals surface area (Å²) in [6.07, 6.45) is 8.38. The van der Waals surface area contributed by atoms with Crippen molar-refractivity contribution in [2.45, 2.75) is 79.1 Å². The van der Waals surface area contributed by atoms with E-state index in [-0.39, 0.29) is 34.3 Å². The first kappa shape index (κ1) is 32.3. The molecule has 0 aromatic heterocycles. The van der Waals surface area contributed by atoms with Crippen molar-refractivity contribution in [3.8, 4) is 0 Å². The molecule has 0 amide bonds. The minimum Gasteiger partial charge on any atom is -0.756 e. The molecule has 0 rings (SSSR count). The number of unbranched alkanes of at least 4 members (excludes halogenated alkanes) is 2. The van der Waals surface area contributed by atoms with Crippen molar-refractivity contribution >= 4 is 18.2 Å². The van der Waals surface area contributed by atoms with E-state index >= 15 is 0 Å². The molecule has 162 valence electrons. The molecule has 0 heterocycles. The van der Waals surface area contributed by atoms with Crippen molar-refractivity contribution in [2.24, 2.45) is 11.8 Å². The second-order valence-electron chi connectivity index (χ2n) is 6.33. The van der Waals surface area contributed by atoms with E-state index in [1.54, 1.807) is 0 Å². The maximum Gasteiger partial charge on any atom is 4.00 e. The van der Waals surface area contributed by atoms with Gasteiger partial charge in [0.1, 0.15) is 0 Å². The predicted molar refractivity (Wildman–Crippen MR) is 99.4 cm³/mol. The Balaban J connectivity index is -0.000000844. The van der Waals surface area contributed by atoms with Crippen LogP contribution in [-0.4, -0.2) is 30.7 Å². The van der Waals surface area contributed by atoms with Crippen LogP contribution in [-0.2, 0) is 45.1 Å². The van der Waals surface area contributed by atoms with Crippen LogP contribution in [0, 0.1) is 11.8 Å². The van der Waals surface area contributed by atoms with E-state index in [0.717, 1.165) is 51.4 Å². The van der Waals surface area contributed by atoms with Crippen molar-refractivity contribution < 1.29 is 57.1 Å². The molecule has 0 saturated carbocycles. The van der Waals surface area contributed by atoms with Gasteiger partial charge in [0.25, 0.3) is 7.82 Å². The van der Waals surface area contributed by atoms with Crippen LogP contribution in [0.5, 0.6) is 0 Å². The van der Waals surface area contributed by atoms with Gasteiger partial charge < -0.3 is 23.0 Å². The van der Waals surface area contributed by atoms with E-state index in [2.05, 4.69) is 27.7 Å². The summed E-state index contributed by atoms with van der Waals surface area (Å²) >= 11 is 0. The summed E-state index contributed by atoms with van der Waals surface area (Å²) < 4.78 is 53.5. The summed E-state index contributed by atoms with van der Waals surface area (Å²) in [6, 6.07) is 0. The third-order valence-electron chi connectivity index (χ3n) is 4.02. The molecule has 0 aliphatic carbocycles. The Hall–Kier alpha value is 0.668. The van der Waals surface area contributed by atoms with Gasteiger partial charge in [-0.05, 0) is 24.7 Å². The average Bonchev–Trinajstić information content (AvgIpc) is 2.53. The smallest absolute Gasteiger partial charge is 0.756 e. The van der Waals surface area contributed by atoms with Crippen LogP contribution < -0.4 is 4.89 Å². The van der Waals surface area contributed by atoms with E-state index in [9.17, 15) is 9.46 Å². The second kappa shape index (κ2) is 18.7. The molecule has 0 saturated heterocycles. The molecule has 8 nitrogen and oxygen atoms in total. The Bertz CT molecular complexity index is 443. The largest absolute Gasteiger partial charge is 4.00 e. The molecule has 2 atom stereocenters. The fraction of sp³-hybridized carbons (Fsp3) is 1.00. The van der Waals surface area contributed by atoms with Gasteiger partial charge in [0.15, 0.2) is 0 Å². The topological polar surface area (TPSA) is 139 Å². The second-order valence-corrected chi connectivity index (χ2v) is 8.64. The number of phosphoric acid groups is 1. The maximum absolute atomic E-state index is 11.8. The summed E-state index contributed by atoms with van der Waals surface area (Å²) in [7, 11) is -8.81. The molecule has 0 fully saturated rings. The Morgan fingerprint density at radius 2 is 1.22 bits per heavy atom. The first-order valence-electron chi connectivity index (χ1n) is 9.29. The van der Waals surface area contributed by atoms with Gasteiger partial charge in [-0.15, -0.1) is 0 Å². The van der Waals surface area contributed by atoms with Crippen molar-refractivity contribution in [1.29, 1.82) is 0 Å². The fourth-order valence-electron chi connectivity index (χ4n) is 2.23. The monoisotopic (exact) mass is 517 g/mol. The summed E-state index contributed by atoms with van der Waals surface area (Å²) in [5.74, 6) is 0.607. The van der Waals surface area contributed by atoms with Crippen LogP contribution in [0.2, 0.25) is 0 Å². The Morgan fingerprint density at radius 1 is 0.926 bits per heavy atom. The third-order valence-corrected chi connectivity index (χ3v) is 4.95. The molecule has 0 spiro atoms. The number of hydrogen-bond acceptors (Lipinski definition) is 7. The third kappa shape index (κ3) is 26.7. The van der Waals surface area contributed by atoms with Crippen molar-refractivity contribution in [2.75, 3.05) is 13.2 Å². The van der Waals surface area contributed by atoms with Crippen molar-refractivity contribution in [3.05, 3.63) is 0 Å². The van der Waals surface area contributed by atoms with Crippen LogP contribution in [0.25, 0.3) is 0 Å². The average molecular weight is 515 g/mol. The van der Waals surface area contributed by atoms with E-state index < -0.39 is 18.2 Å². The molecular formula is C16H36MoO8PS+3. The summed E-state index contributed by atoms with van der Waals surface area (Å²) in [5.41, 5.74) is 0. The van der Waals surface area contributed by atoms with Crippen molar-refractivity contribution in [3.63, 3.8) is 0 Å². The van der Waals surface area contributed by atoms with E-state index in [0.29, 0.717) is 11.8 Å². The van der Waals surface area contributed by atoms with Gasteiger partial charge in [-0.2, -0.15) is 8.42 Å². The zero-order valence-corrected chi connectivity index (χ0v) is 20.6. The van der Waals surface area contributed by atoms with Crippen LogP contribution in [0.3, 0.4) is 0 Å². The SMILES string of the molecule is CCCCC(CC)COP(=O)([O-])OCC(CC)CCCC.O=S(=O)([O-])[OH2+].[Mo+4]. The van der Waals surface area contributed by atoms with Crippen LogP contribution in [0.15, 0.2) is 0 Å². The normalized spacial score (nSPS) is 15.7. The number of hydrogen-bond donors (Lipinski definition) is 0. The Morgan fingerprint density at radius 3 is 1.44 bits per heavy atom. The molecule has 0 aliphatic rings. The van der Waals surface area contributed by atoms with Crippen LogP contribution in [0.1, 0.15) is 79.1 Å². The van der Waals surface area contributed by atoms with Gasteiger partial charge in [0.2, 0.25) is 0 Å². The summed E-state index contributed by atoms with van der Waals surface area (Å²) in [5, 5.41) is 0. The first-order chi connectivity index (χ1) is 12.0. The Kier molecular flexibility index (Phi) is 22.4. The van der Waals surface area contributed by atoms with Crippen molar-refractivity contribution in [1.82, 2.24) is 0 Å². The number of phosphoric ester groups is 1. The molecule has 0 aromatic carbocycles. The molecule has 0 aliphatic heterocycles. The summed E-state index contributed by atoms with van der Waals surface area (Å²) in [4.78, 5) is 11.8. The summed E-state index contributed by atoms with van der Waals surface area (Å²) in [6.45, 7) is 8.91. The van der Waals surface area contributed by atoms with Gasteiger partial charge in [0.05, 0.1) is 13.2 Å². The molecule has 0 aromatic rings. The maximum atomic E-state index is 11.8. The first-order valence-corrected chi connectivity index (χ1v) is 12.2. The van der Waals surface area contributed by atoms with Crippen LogP contribution >= 0.6 is 7.82 Å². The van der Waals surface area contributed by atoms with Gasteiger partial charge >= 0.3 is 31.5 Å². The van der Waals surface area contributed by atoms with Gasteiger partial charge in [-0.25, -0.2) is 0 Å². The molecule has 0 bridgehead atoms. The van der Waals surface area contributed by atoms with Gasteiger partial charge in [-0.3, -0.25) is 4.57 Å². The predicted octanol–water partition coefficient (Wildman–Crippen LogP) is 3.09. The molecule has 2 unspecified atom stereocenters. The fourth-order valence-corrected chi connectivity index (χ4v) is 3.09. The molecule has 2 N–H and O–H groups in total. The van der Waals surface area contributed by atoms with E-state index in [1.165, 1.54) is 0 Å². The molecular weight excluding hydrogens is 479 g/mol. The molecule has 27 heavy (non-hydrogen) atoms. The quantitative estimate of drug-likeness (QED) is 0.114. The zero-order chi connectivity index (χ0) is 20.6. The Labute approximate surface area is 179 Å². The van der Waals surface area contributed by atoms with Gasteiger partial charge in [0, 0.05) is 0 Å². The molecule has 0 radical (unpaired) electrons. The zero-order valence-electron chi connectivity index (χ0n) is 16.8. The minimum atomic E-state index is -4.67.